The number of nitrogens with one attached hydrogen (secondary N) is 2. The Morgan fingerprint density at radius 3 is 2.20 bits per heavy atom. The fourth-order valence-electron chi connectivity index (χ4n) is 5.65. The maximum absolute atomic E-state index is 13.5. The molecule has 3 aromatic carbocycles. The summed E-state index contributed by atoms with van der Waals surface area (Å²) in [5, 5.41) is 8.26. The van der Waals surface area contributed by atoms with E-state index in [0.29, 0.717) is 30.9 Å². The largest absolute Gasteiger partial charge is 0.488 e. The molecule has 46 heavy (non-hydrogen) atoms. The third-order valence-corrected chi connectivity index (χ3v) is 9.05. The van der Waals surface area contributed by atoms with Gasteiger partial charge in [-0.3, -0.25) is 9.78 Å². The van der Waals surface area contributed by atoms with Crippen LogP contribution in [0, 0.1) is 0 Å². The molecule has 1 saturated carbocycles. The van der Waals surface area contributed by atoms with Crippen molar-refractivity contribution in [3.8, 4) is 16.9 Å². The lowest BCUT2D eigenvalue weighted by Crippen LogP contribution is -2.36. The van der Waals surface area contributed by atoms with E-state index >= 15 is 0 Å². The Labute approximate surface area is 274 Å². The second kappa shape index (κ2) is 15.4. The van der Waals surface area contributed by atoms with Crippen LogP contribution in [-0.4, -0.2) is 27.9 Å². The number of carbonyl (C=O) groups excluding carboxylic acids is 2. The zero-order valence-electron chi connectivity index (χ0n) is 25.7. The van der Waals surface area contributed by atoms with Gasteiger partial charge in [0.2, 0.25) is 0 Å². The Balaban J connectivity index is 1.09. The number of rotatable bonds is 11. The molecule has 0 aliphatic heterocycles. The normalized spacial score (nSPS) is 13.1. The Hall–Kier alpha value is -4.95. The topological polar surface area (TPSA) is 83.6 Å². The van der Waals surface area contributed by atoms with Gasteiger partial charge in [0.1, 0.15) is 12.4 Å². The van der Waals surface area contributed by atoms with Crippen LogP contribution in [0.5, 0.6) is 5.75 Å². The van der Waals surface area contributed by atoms with Gasteiger partial charge in [0.05, 0.1) is 0 Å². The number of benzene rings is 3. The standard InChI is InChI=1S/C38H38N4O3S/c43-37(40-33-7-2-1-3-8-33)32-16-14-31(15-17-32)30-12-10-28(11-13-30)25-42(26-29-6-4-22-39-24-29)38(44)41-34-18-20-35(21-19-34)45-27-36-9-5-23-46-36/h4-6,9-24,33H,1-3,7-8,25-27H2,(H,40,43)(H,41,44). The molecule has 0 spiro atoms. The molecule has 6 rings (SSSR count). The second-order valence-corrected chi connectivity index (χ2v) is 12.7. The van der Waals surface area contributed by atoms with Gasteiger partial charge in [-0.2, -0.15) is 0 Å². The lowest BCUT2D eigenvalue weighted by atomic mass is 9.95. The van der Waals surface area contributed by atoms with Gasteiger partial charge in [0.15, 0.2) is 0 Å². The lowest BCUT2D eigenvalue weighted by molar-refractivity contribution is 0.0927. The first-order valence-electron chi connectivity index (χ1n) is 15.8. The predicted molar refractivity (Wildman–Crippen MR) is 184 cm³/mol. The highest BCUT2D eigenvalue weighted by Crippen LogP contribution is 2.24. The number of hydrogen-bond donors (Lipinski definition) is 2. The maximum atomic E-state index is 13.5. The number of nitrogens with zero attached hydrogens (tertiary/aromatic N) is 2. The van der Waals surface area contributed by atoms with Gasteiger partial charge in [0.25, 0.3) is 5.91 Å². The molecular formula is C38H38N4O3S. The summed E-state index contributed by atoms with van der Waals surface area (Å²) < 4.78 is 5.86. The van der Waals surface area contributed by atoms with Crippen molar-refractivity contribution in [2.24, 2.45) is 0 Å². The highest BCUT2D eigenvalue weighted by atomic mass is 32.1. The molecule has 2 aromatic heterocycles. The summed E-state index contributed by atoms with van der Waals surface area (Å²) in [6.45, 7) is 1.35. The minimum absolute atomic E-state index is 0.000735. The molecule has 0 radical (unpaired) electrons. The maximum Gasteiger partial charge on any atom is 0.322 e. The lowest BCUT2D eigenvalue weighted by Gasteiger charge is -2.23. The number of ether oxygens (including phenoxy) is 1. The Bertz CT molecular complexity index is 1680. The van der Waals surface area contributed by atoms with E-state index in [9.17, 15) is 9.59 Å². The fraction of sp³-hybridized carbons (Fsp3) is 0.237. The number of pyridine rings is 1. The first-order chi connectivity index (χ1) is 22.6. The Morgan fingerprint density at radius 2 is 1.52 bits per heavy atom. The van der Waals surface area contributed by atoms with Gasteiger partial charge >= 0.3 is 6.03 Å². The summed E-state index contributed by atoms with van der Waals surface area (Å²) >= 11 is 1.66. The van der Waals surface area contributed by atoms with Crippen molar-refractivity contribution in [1.29, 1.82) is 0 Å². The molecule has 7 nitrogen and oxygen atoms in total. The van der Waals surface area contributed by atoms with Crippen molar-refractivity contribution in [3.63, 3.8) is 0 Å². The van der Waals surface area contributed by atoms with E-state index in [2.05, 4.69) is 27.8 Å². The Kier molecular flexibility index (Phi) is 10.4. The molecule has 2 N–H and O–H groups in total. The molecule has 1 aliphatic carbocycles. The van der Waals surface area contributed by atoms with E-state index in [1.54, 1.807) is 28.6 Å². The molecule has 234 valence electrons. The molecule has 3 amide bonds. The van der Waals surface area contributed by atoms with Crippen molar-refractivity contribution < 1.29 is 14.3 Å². The molecule has 2 heterocycles. The quantitative estimate of drug-likeness (QED) is 0.153. The average molecular weight is 631 g/mol. The molecule has 0 atom stereocenters. The van der Waals surface area contributed by atoms with Crippen molar-refractivity contribution >= 4 is 29.0 Å². The van der Waals surface area contributed by atoms with Gasteiger partial charge in [-0.1, -0.05) is 67.8 Å². The van der Waals surface area contributed by atoms with Crippen molar-refractivity contribution in [1.82, 2.24) is 15.2 Å². The monoisotopic (exact) mass is 630 g/mol. The second-order valence-electron chi connectivity index (χ2n) is 11.6. The fourth-order valence-corrected chi connectivity index (χ4v) is 6.27. The highest BCUT2D eigenvalue weighted by molar-refractivity contribution is 7.09. The highest BCUT2D eigenvalue weighted by Gasteiger charge is 2.18. The van der Waals surface area contributed by atoms with E-state index in [0.717, 1.165) is 45.7 Å². The van der Waals surface area contributed by atoms with E-state index in [1.165, 1.54) is 19.3 Å². The van der Waals surface area contributed by atoms with E-state index in [1.807, 2.05) is 90.3 Å². The van der Waals surface area contributed by atoms with Crippen LogP contribution in [-0.2, 0) is 19.7 Å². The summed E-state index contributed by atoms with van der Waals surface area (Å²) in [6, 6.07) is 31.4. The van der Waals surface area contributed by atoms with Crippen LogP contribution in [0.25, 0.3) is 11.1 Å². The number of amides is 3. The first kappa shape index (κ1) is 31.0. The number of anilines is 1. The Morgan fingerprint density at radius 1 is 0.804 bits per heavy atom. The number of carbonyl (C=O) groups is 2. The molecule has 0 unspecified atom stereocenters. The SMILES string of the molecule is O=C(NC1CCCCC1)c1ccc(-c2ccc(CN(Cc3cccnc3)C(=O)Nc3ccc(OCc4cccs4)cc3)cc2)cc1. The van der Waals surface area contributed by atoms with Gasteiger partial charge in [0, 0.05) is 47.7 Å². The van der Waals surface area contributed by atoms with Crippen LogP contribution >= 0.6 is 11.3 Å². The zero-order chi connectivity index (χ0) is 31.6. The van der Waals surface area contributed by atoms with Crippen molar-refractivity contribution in [2.75, 3.05) is 5.32 Å². The molecule has 5 aromatic rings. The number of hydrogen-bond acceptors (Lipinski definition) is 5. The summed E-state index contributed by atoms with van der Waals surface area (Å²) in [6.07, 6.45) is 9.27. The summed E-state index contributed by atoms with van der Waals surface area (Å²) in [7, 11) is 0. The van der Waals surface area contributed by atoms with Crippen LogP contribution in [0.15, 0.2) is 115 Å². The van der Waals surface area contributed by atoms with Crippen LogP contribution in [0.3, 0.4) is 0 Å². The minimum Gasteiger partial charge on any atom is -0.488 e. The third-order valence-electron chi connectivity index (χ3n) is 8.20. The van der Waals surface area contributed by atoms with Gasteiger partial charge in [-0.05, 0) is 89.0 Å². The first-order valence-corrected chi connectivity index (χ1v) is 16.7. The molecule has 1 fully saturated rings. The van der Waals surface area contributed by atoms with E-state index < -0.39 is 0 Å². The molecule has 0 saturated heterocycles. The van der Waals surface area contributed by atoms with Gasteiger partial charge < -0.3 is 20.3 Å². The van der Waals surface area contributed by atoms with E-state index in [4.69, 9.17) is 4.74 Å². The predicted octanol–water partition coefficient (Wildman–Crippen LogP) is 8.69. The van der Waals surface area contributed by atoms with Crippen LogP contribution in [0.2, 0.25) is 0 Å². The van der Waals surface area contributed by atoms with Crippen LogP contribution in [0.4, 0.5) is 10.5 Å². The van der Waals surface area contributed by atoms with Crippen molar-refractivity contribution in [3.05, 3.63) is 136 Å². The van der Waals surface area contributed by atoms with Crippen molar-refractivity contribution in [2.45, 2.75) is 57.8 Å². The molecule has 1 aliphatic rings. The van der Waals surface area contributed by atoms with E-state index in [-0.39, 0.29) is 18.0 Å². The van der Waals surface area contributed by atoms with Crippen LogP contribution in [0.1, 0.15) is 58.5 Å². The molecular weight excluding hydrogens is 593 g/mol. The minimum atomic E-state index is -0.206. The van der Waals surface area contributed by atoms with Gasteiger partial charge in [-0.15, -0.1) is 11.3 Å². The summed E-state index contributed by atoms with van der Waals surface area (Å²) in [5.74, 6) is 0.746. The smallest absolute Gasteiger partial charge is 0.322 e. The van der Waals surface area contributed by atoms with Crippen LogP contribution < -0.4 is 15.4 Å². The summed E-state index contributed by atoms with van der Waals surface area (Å²) in [4.78, 5) is 33.4. The average Bonchev–Trinajstić information content (AvgIpc) is 3.63. The van der Waals surface area contributed by atoms with Gasteiger partial charge in [-0.25, -0.2) is 4.79 Å². The molecule has 8 heteroatoms. The molecule has 0 bridgehead atoms. The number of aromatic nitrogens is 1. The summed E-state index contributed by atoms with van der Waals surface area (Å²) in [5.41, 5.74) is 5.41. The zero-order valence-corrected chi connectivity index (χ0v) is 26.5. The third kappa shape index (κ3) is 8.61. The number of thiophene rings is 1. The number of urea groups is 1.